The lowest BCUT2D eigenvalue weighted by molar-refractivity contribution is 0.141. The summed E-state index contributed by atoms with van der Waals surface area (Å²) >= 11 is 0. The molecule has 1 heterocycles. The number of halogens is 1. The van der Waals surface area contributed by atoms with E-state index >= 15 is 0 Å². The Hall–Kier alpha value is -0.810. The van der Waals surface area contributed by atoms with E-state index in [1.807, 2.05) is 12.1 Å². The highest BCUT2D eigenvalue weighted by molar-refractivity contribution is 5.85. The molecule has 1 aromatic rings. The Kier molecular flexibility index (Phi) is 6.43. The van der Waals surface area contributed by atoms with Gasteiger partial charge in [0.05, 0.1) is 0 Å². The molecule has 4 nitrogen and oxygen atoms in total. The van der Waals surface area contributed by atoms with Gasteiger partial charge >= 0.3 is 0 Å². The standard InChI is InChI=1S/C13H20N2O2.ClH/c16-10-5-13(15-8-6-14-7-9-15)11-1-3-12(17)4-2-11;/h1-4,13-14,16-17H,5-10H2;1H/t13-;/m1./s1. The third kappa shape index (κ3) is 3.85. The van der Waals surface area contributed by atoms with Gasteiger partial charge in [0.15, 0.2) is 0 Å². The molecule has 1 aliphatic rings. The fourth-order valence-corrected chi connectivity index (χ4v) is 2.37. The van der Waals surface area contributed by atoms with Gasteiger partial charge in [0.1, 0.15) is 5.75 Å². The first-order valence-electron chi connectivity index (χ1n) is 6.16. The van der Waals surface area contributed by atoms with Crippen molar-refractivity contribution in [3.63, 3.8) is 0 Å². The van der Waals surface area contributed by atoms with Crippen LogP contribution >= 0.6 is 12.4 Å². The quantitative estimate of drug-likeness (QED) is 0.770. The summed E-state index contributed by atoms with van der Waals surface area (Å²) in [6, 6.07) is 7.56. The zero-order valence-corrected chi connectivity index (χ0v) is 11.2. The molecule has 1 atom stereocenters. The molecule has 1 saturated heterocycles. The van der Waals surface area contributed by atoms with Crippen LogP contribution in [0.1, 0.15) is 18.0 Å². The minimum Gasteiger partial charge on any atom is -0.508 e. The molecule has 0 aromatic heterocycles. The Bertz CT molecular complexity index is 339. The van der Waals surface area contributed by atoms with Crippen molar-refractivity contribution in [2.75, 3.05) is 32.8 Å². The van der Waals surface area contributed by atoms with Gasteiger partial charge in [0.2, 0.25) is 0 Å². The van der Waals surface area contributed by atoms with Crippen molar-refractivity contribution in [2.24, 2.45) is 0 Å². The Morgan fingerprint density at radius 2 is 1.78 bits per heavy atom. The van der Waals surface area contributed by atoms with E-state index in [0.29, 0.717) is 0 Å². The average molecular weight is 273 g/mol. The summed E-state index contributed by atoms with van der Waals surface area (Å²) in [6.45, 7) is 4.20. The van der Waals surface area contributed by atoms with Crippen molar-refractivity contribution < 1.29 is 10.2 Å². The number of piperazine rings is 1. The molecule has 0 aliphatic carbocycles. The second-order valence-corrected chi connectivity index (χ2v) is 4.41. The van der Waals surface area contributed by atoms with Gasteiger partial charge in [-0.05, 0) is 24.1 Å². The smallest absolute Gasteiger partial charge is 0.115 e. The van der Waals surface area contributed by atoms with Crippen molar-refractivity contribution in [1.29, 1.82) is 0 Å². The lowest BCUT2D eigenvalue weighted by Gasteiger charge is -2.35. The molecule has 2 rings (SSSR count). The van der Waals surface area contributed by atoms with Crippen molar-refractivity contribution in [2.45, 2.75) is 12.5 Å². The van der Waals surface area contributed by atoms with Crippen LogP contribution in [-0.4, -0.2) is 47.9 Å². The Morgan fingerprint density at radius 3 is 2.33 bits per heavy atom. The molecule has 0 unspecified atom stereocenters. The fraction of sp³-hybridized carbons (Fsp3) is 0.538. The molecule has 102 valence electrons. The summed E-state index contributed by atoms with van der Waals surface area (Å²) in [7, 11) is 0. The molecule has 0 saturated carbocycles. The summed E-state index contributed by atoms with van der Waals surface area (Å²) in [5, 5.41) is 21.8. The predicted molar refractivity (Wildman–Crippen MR) is 74.2 cm³/mol. The third-order valence-corrected chi connectivity index (χ3v) is 3.27. The molecule has 1 aliphatic heterocycles. The van der Waals surface area contributed by atoms with E-state index in [1.54, 1.807) is 12.1 Å². The number of aliphatic hydroxyl groups excluding tert-OH is 1. The molecule has 0 amide bonds. The lowest BCUT2D eigenvalue weighted by atomic mass is 10.0. The number of aromatic hydroxyl groups is 1. The normalized spacial score (nSPS) is 18.1. The number of hydrogen-bond acceptors (Lipinski definition) is 4. The maximum Gasteiger partial charge on any atom is 0.115 e. The summed E-state index contributed by atoms with van der Waals surface area (Å²) in [6.07, 6.45) is 0.741. The van der Waals surface area contributed by atoms with E-state index < -0.39 is 0 Å². The number of rotatable bonds is 4. The molecular weight excluding hydrogens is 252 g/mol. The van der Waals surface area contributed by atoms with Gasteiger partial charge in [0, 0.05) is 38.8 Å². The summed E-state index contributed by atoms with van der Waals surface area (Å²) in [5.41, 5.74) is 1.17. The number of phenols is 1. The molecule has 1 aromatic carbocycles. The van der Waals surface area contributed by atoms with E-state index in [0.717, 1.165) is 32.6 Å². The van der Waals surface area contributed by atoms with Crippen LogP contribution in [0.3, 0.4) is 0 Å². The third-order valence-electron chi connectivity index (χ3n) is 3.27. The first kappa shape index (κ1) is 15.2. The molecular formula is C13H21ClN2O2. The SMILES string of the molecule is Cl.OCC[C@H](c1ccc(O)cc1)N1CCNCC1. The van der Waals surface area contributed by atoms with Gasteiger partial charge in [-0.25, -0.2) is 0 Å². The maximum absolute atomic E-state index is 9.31. The number of hydrogen-bond donors (Lipinski definition) is 3. The molecule has 0 radical (unpaired) electrons. The van der Waals surface area contributed by atoms with Crippen molar-refractivity contribution >= 4 is 12.4 Å². The van der Waals surface area contributed by atoms with Crippen LogP contribution in [0.15, 0.2) is 24.3 Å². The largest absolute Gasteiger partial charge is 0.508 e. The lowest BCUT2D eigenvalue weighted by Crippen LogP contribution is -2.45. The summed E-state index contributed by atoms with van der Waals surface area (Å²) in [5.74, 6) is 0.289. The minimum absolute atomic E-state index is 0. The zero-order valence-electron chi connectivity index (χ0n) is 10.4. The van der Waals surface area contributed by atoms with E-state index in [-0.39, 0.29) is 30.8 Å². The topological polar surface area (TPSA) is 55.7 Å². The van der Waals surface area contributed by atoms with Gasteiger partial charge < -0.3 is 15.5 Å². The van der Waals surface area contributed by atoms with Crippen molar-refractivity contribution in [3.8, 4) is 5.75 Å². The monoisotopic (exact) mass is 272 g/mol. The highest BCUT2D eigenvalue weighted by Gasteiger charge is 2.21. The highest BCUT2D eigenvalue weighted by atomic mass is 35.5. The zero-order chi connectivity index (χ0) is 12.1. The number of nitrogens with zero attached hydrogens (tertiary/aromatic N) is 1. The van der Waals surface area contributed by atoms with Crippen LogP contribution in [0.25, 0.3) is 0 Å². The molecule has 0 spiro atoms. The van der Waals surface area contributed by atoms with Gasteiger partial charge in [-0.2, -0.15) is 0 Å². The van der Waals surface area contributed by atoms with Crippen LogP contribution in [0.4, 0.5) is 0 Å². The van der Waals surface area contributed by atoms with Crippen LogP contribution < -0.4 is 5.32 Å². The Balaban J connectivity index is 0.00000162. The van der Waals surface area contributed by atoms with Gasteiger partial charge in [0.25, 0.3) is 0 Å². The van der Waals surface area contributed by atoms with E-state index in [1.165, 1.54) is 5.56 Å². The second-order valence-electron chi connectivity index (χ2n) is 4.41. The van der Waals surface area contributed by atoms with Crippen molar-refractivity contribution in [3.05, 3.63) is 29.8 Å². The molecule has 18 heavy (non-hydrogen) atoms. The van der Waals surface area contributed by atoms with Gasteiger partial charge in [-0.15, -0.1) is 12.4 Å². The predicted octanol–water partition coefficient (Wildman–Crippen LogP) is 1.14. The van der Waals surface area contributed by atoms with Crippen LogP contribution in [-0.2, 0) is 0 Å². The fourth-order valence-electron chi connectivity index (χ4n) is 2.37. The Labute approximate surface area is 114 Å². The number of phenolic OH excluding ortho intramolecular Hbond substituents is 1. The molecule has 0 bridgehead atoms. The van der Waals surface area contributed by atoms with E-state index in [4.69, 9.17) is 0 Å². The second kappa shape index (κ2) is 7.59. The number of aliphatic hydroxyl groups is 1. The van der Waals surface area contributed by atoms with E-state index in [2.05, 4.69) is 10.2 Å². The van der Waals surface area contributed by atoms with Gasteiger partial charge in [-0.3, -0.25) is 4.90 Å². The molecule has 3 N–H and O–H groups in total. The van der Waals surface area contributed by atoms with Gasteiger partial charge in [-0.1, -0.05) is 12.1 Å². The first-order chi connectivity index (χ1) is 8.31. The Morgan fingerprint density at radius 1 is 1.17 bits per heavy atom. The molecule has 5 heteroatoms. The first-order valence-corrected chi connectivity index (χ1v) is 6.16. The van der Waals surface area contributed by atoms with Crippen LogP contribution in [0.5, 0.6) is 5.75 Å². The van der Waals surface area contributed by atoms with Crippen LogP contribution in [0.2, 0.25) is 0 Å². The number of benzene rings is 1. The number of nitrogens with one attached hydrogen (secondary N) is 1. The summed E-state index contributed by atoms with van der Waals surface area (Å²) < 4.78 is 0. The maximum atomic E-state index is 9.31. The molecule has 1 fully saturated rings. The highest BCUT2D eigenvalue weighted by Crippen LogP contribution is 2.25. The summed E-state index contributed by atoms with van der Waals surface area (Å²) in [4.78, 5) is 2.39. The van der Waals surface area contributed by atoms with E-state index in [9.17, 15) is 10.2 Å². The minimum atomic E-state index is 0. The van der Waals surface area contributed by atoms with Crippen molar-refractivity contribution in [1.82, 2.24) is 10.2 Å². The average Bonchev–Trinajstić information content (AvgIpc) is 2.38. The van der Waals surface area contributed by atoms with Crippen LogP contribution in [0, 0.1) is 0 Å².